The number of carbonyl (C=O) groups excluding carboxylic acids is 1. The molecule has 32 heavy (non-hydrogen) atoms. The molecule has 3 aromatic carbocycles. The van der Waals surface area contributed by atoms with E-state index in [1.807, 2.05) is 54.6 Å². The fourth-order valence-corrected chi connectivity index (χ4v) is 4.73. The van der Waals surface area contributed by atoms with Crippen LogP contribution < -0.4 is 15.4 Å². The summed E-state index contributed by atoms with van der Waals surface area (Å²) in [4.78, 5) is 13.5. The van der Waals surface area contributed by atoms with Crippen molar-refractivity contribution in [2.24, 2.45) is 0 Å². The van der Waals surface area contributed by atoms with Crippen molar-refractivity contribution in [3.05, 3.63) is 94.1 Å². The van der Waals surface area contributed by atoms with Crippen molar-refractivity contribution in [1.29, 1.82) is 0 Å². The zero-order valence-corrected chi connectivity index (χ0v) is 18.3. The van der Waals surface area contributed by atoms with Crippen molar-refractivity contribution in [3.63, 3.8) is 0 Å². The van der Waals surface area contributed by atoms with E-state index in [1.165, 1.54) is 7.11 Å². The number of carbonyl (C=O) groups is 1. The first kappa shape index (κ1) is 20.5. The average Bonchev–Trinajstić information content (AvgIpc) is 2.96. The van der Waals surface area contributed by atoms with Gasteiger partial charge in [-0.2, -0.15) is 0 Å². The van der Waals surface area contributed by atoms with Crippen LogP contribution in [-0.2, 0) is 4.79 Å². The molecule has 3 aromatic rings. The lowest BCUT2D eigenvalue weighted by Gasteiger charge is -2.30. The summed E-state index contributed by atoms with van der Waals surface area (Å²) < 4.78 is 5.20. The summed E-state index contributed by atoms with van der Waals surface area (Å²) in [5.74, 6) is 0.593. The number of hydrogen-bond donors (Lipinski definition) is 3. The number of ketones is 1. The predicted octanol–water partition coefficient (Wildman–Crippen LogP) is 6.03. The molecule has 6 heteroatoms. The van der Waals surface area contributed by atoms with Gasteiger partial charge in [-0.1, -0.05) is 41.9 Å². The number of aromatic hydroxyl groups is 1. The van der Waals surface area contributed by atoms with Crippen LogP contribution in [0, 0.1) is 0 Å². The molecule has 5 nitrogen and oxygen atoms in total. The van der Waals surface area contributed by atoms with E-state index in [0.29, 0.717) is 29.2 Å². The second-order valence-corrected chi connectivity index (χ2v) is 8.59. The van der Waals surface area contributed by atoms with Crippen LogP contribution in [0.25, 0.3) is 0 Å². The predicted molar refractivity (Wildman–Crippen MR) is 127 cm³/mol. The molecule has 5 rings (SSSR count). The van der Waals surface area contributed by atoms with Gasteiger partial charge in [-0.25, -0.2) is 0 Å². The Kier molecular flexibility index (Phi) is 5.27. The molecule has 2 atom stereocenters. The molecule has 0 radical (unpaired) electrons. The molecular formula is C26H23ClN2O3. The molecule has 0 bridgehead atoms. The summed E-state index contributed by atoms with van der Waals surface area (Å²) in [7, 11) is 1.51. The van der Waals surface area contributed by atoms with Crippen molar-refractivity contribution in [2.45, 2.75) is 24.8 Å². The van der Waals surface area contributed by atoms with Crippen LogP contribution in [0.3, 0.4) is 0 Å². The SMILES string of the molecule is COc1ccc([C@@H]2Nc3ccccc3NC3=C2C(=O)C[C@@H](c2ccc(Cl)cc2)C3)cc1O. The second kappa shape index (κ2) is 8.24. The maximum absolute atomic E-state index is 13.5. The molecule has 1 aliphatic heterocycles. The molecule has 0 saturated carbocycles. The standard InChI is InChI=1S/C26H23ClN2O3/c1-32-24-11-8-16(13-22(24)30)26-25-21(28-19-4-2-3-5-20(19)29-26)12-17(14-23(25)31)15-6-9-18(27)10-7-15/h2-11,13,17,26,28-30H,12,14H2,1H3/t17-,26-/m0/s1. The zero-order chi connectivity index (χ0) is 22.2. The minimum Gasteiger partial charge on any atom is -0.504 e. The van der Waals surface area contributed by atoms with E-state index in [2.05, 4.69) is 10.6 Å². The average molecular weight is 447 g/mol. The Labute approximate surface area is 191 Å². The quantitative estimate of drug-likeness (QED) is 0.458. The fourth-order valence-electron chi connectivity index (χ4n) is 4.60. The van der Waals surface area contributed by atoms with Crippen LogP contribution in [0.2, 0.25) is 5.02 Å². The Morgan fingerprint density at radius 1 is 0.969 bits per heavy atom. The minimum atomic E-state index is -0.392. The Hall–Kier alpha value is -3.44. The highest BCUT2D eigenvalue weighted by atomic mass is 35.5. The third kappa shape index (κ3) is 3.69. The molecule has 3 N–H and O–H groups in total. The fraction of sp³-hybridized carbons (Fsp3) is 0.192. The lowest BCUT2D eigenvalue weighted by molar-refractivity contribution is -0.116. The van der Waals surface area contributed by atoms with E-state index >= 15 is 0 Å². The van der Waals surface area contributed by atoms with Gasteiger partial charge >= 0.3 is 0 Å². The van der Waals surface area contributed by atoms with Gasteiger partial charge in [0.15, 0.2) is 17.3 Å². The number of phenolic OH excluding ortho intramolecular Hbond substituents is 1. The molecule has 0 amide bonds. The summed E-state index contributed by atoms with van der Waals surface area (Å²) in [5.41, 5.74) is 5.32. The van der Waals surface area contributed by atoms with Crippen molar-refractivity contribution < 1.29 is 14.6 Å². The molecule has 162 valence electrons. The summed E-state index contributed by atoms with van der Waals surface area (Å²) in [6.45, 7) is 0. The van der Waals surface area contributed by atoms with Gasteiger partial charge in [0, 0.05) is 22.7 Å². The number of para-hydroxylation sites is 2. The number of halogens is 1. The van der Waals surface area contributed by atoms with Crippen molar-refractivity contribution >= 4 is 28.8 Å². The number of allylic oxidation sites excluding steroid dienone is 1. The van der Waals surface area contributed by atoms with Crippen LogP contribution in [0.15, 0.2) is 78.0 Å². The highest BCUT2D eigenvalue weighted by Gasteiger charge is 2.36. The molecule has 1 aliphatic carbocycles. The number of Topliss-reactive ketones (excluding diaryl/α,β-unsaturated/α-hetero) is 1. The van der Waals surface area contributed by atoms with Gasteiger partial charge in [-0.15, -0.1) is 0 Å². The largest absolute Gasteiger partial charge is 0.504 e. The van der Waals surface area contributed by atoms with Gasteiger partial charge in [-0.3, -0.25) is 4.79 Å². The normalized spacial score (nSPS) is 19.9. The minimum absolute atomic E-state index is 0.0433. The van der Waals surface area contributed by atoms with Gasteiger partial charge in [0.2, 0.25) is 0 Å². The van der Waals surface area contributed by atoms with Gasteiger partial charge in [0.1, 0.15) is 0 Å². The number of benzene rings is 3. The number of methoxy groups -OCH3 is 1. The number of anilines is 2. The van der Waals surface area contributed by atoms with Gasteiger partial charge in [0.05, 0.1) is 24.5 Å². The van der Waals surface area contributed by atoms with Crippen molar-refractivity contribution in [1.82, 2.24) is 0 Å². The molecule has 1 heterocycles. The third-order valence-corrected chi connectivity index (χ3v) is 6.44. The molecule has 0 unspecified atom stereocenters. The van der Waals surface area contributed by atoms with Gasteiger partial charge in [0.25, 0.3) is 0 Å². The molecule has 2 aliphatic rings. The van der Waals surface area contributed by atoms with Crippen LogP contribution in [0.4, 0.5) is 11.4 Å². The Bertz CT molecular complexity index is 1220. The molecule has 0 saturated heterocycles. The summed E-state index contributed by atoms with van der Waals surface area (Å²) >= 11 is 6.06. The van der Waals surface area contributed by atoms with Crippen LogP contribution in [0.1, 0.15) is 35.9 Å². The number of rotatable bonds is 3. The second-order valence-electron chi connectivity index (χ2n) is 8.15. The first-order chi connectivity index (χ1) is 15.5. The maximum atomic E-state index is 13.5. The maximum Gasteiger partial charge on any atom is 0.163 e. The first-order valence-electron chi connectivity index (χ1n) is 10.5. The van der Waals surface area contributed by atoms with Crippen LogP contribution in [-0.4, -0.2) is 18.0 Å². The van der Waals surface area contributed by atoms with Gasteiger partial charge < -0.3 is 20.5 Å². The molecular weight excluding hydrogens is 424 g/mol. The van der Waals surface area contributed by atoms with Crippen LogP contribution in [0.5, 0.6) is 11.5 Å². The summed E-state index contributed by atoms with van der Waals surface area (Å²) in [5, 5.41) is 18.1. The van der Waals surface area contributed by atoms with Crippen molar-refractivity contribution in [2.75, 3.05) is 17.7 Å². The van der Waals surface area contributed by atoms with E-state index in [9.17, 15) is 9.90 Å². The van der Waals surface area contributed by atoms with E-state index in [-0.39, 0.29) is 17.5 Å². The number of hydrogen-bond acceptors (Lipinski definition) is 5. The first-order valence-corrected chi connectivity index (χ1v) is 10.9. The highest BCUT2D eigenvalue weighted by Crippen LogP contribution is 2.45. The van der Waals surface area contributed by atoms with E-state index < -0.39 is 6.04 Å². The lowest BCUT2D eigenvalue weighted by Crippen LogP contribution is -2.26. The number of nitrogens with one attached hydrogen (secondary N) is 2. The lowest BCUT2D eigenvalue weighted by atomic mass is 9.78. The summed E-state index contributed by atoms with van der Waals surface area (Å²) in [6, 6.07) is 20.5. The number of ether oxygens (including phenoxy) is 1. The molecule has 0 fully saturated rings. The van der Waals surface area contributed by atoms with Crippen LogP contribution >= 0.6 is 11.6 Å². The van der Waals surface area contributed by atoms with E-state index in [1.54, 1.807) is 12.1 Å². The number of fused-ring (bicyclic) bond motifs is 1. The topological polar surface area (TPSA) is 70.6 Å². The number of phenols is 1. The Balaban J connectivity index is 1.60. The Morgan fingerprint density at radius 2 is 1.69 bits per heavy atom. The highest BCUT2D eigenvalue weighted by molar-refractivity contribution is 6.30. The van der Waals surface area contributed by atoms with Gasteiger partial charge in [-0.05, 0) is 59.9 Å². The van der Waals surface area contributed by atoms with E-state index in [4.69, 9.17) is 16.3 Å². The summed E-state index contributed by atoms with van der Waals surface area (Å²) in [6.07, 6.45) is 1.12. The third-order valence-electron chi connectivity index (χ3n) is 6.19. The zero-order valence-electron chi connectivity index (χ0n) is 17.6. The Morgan fingerprint density at radius 3 is 2.41 bits per heavy atom. The smallest absolute Gasteiger partial charge is 0.163 e. The molecule has 0 aromatic heterocycles. The molecule has 0 spiro atoms. The van der Waals surface area contributed by atoms with Crippen molar-refractivity contribution in [3.8, 4) is 11.5 Å². The van der Waals surface area contributed by atoms with E-state index in [0.717, 1.165) is 28.2 Å². The monoisotopic (exact) mass is 446 g/mol.